The molecule has 0 fully saturated rings. The quantitative estimate of drug-likeness (QED) is 0.607. The van der Waals surface area contributed by atoms with Crippen molar-refractivity contribution >= 4 is 23.4 Å². The van der Waals surface area contributed by atoms with Crippen LogP contribution in [0.4, 0.5) is 5.69 Å². The Morgan fingerprint density at radius 2 is 1.75 bits per heavy atom. The van der Waals surface area contributed by atoms with Crippen molar-refractivity contribution < 1.29 is 19.1 Å². The molecule has 144 valence electrons. The number of nitrogens with one attached hydrogen (secondary N) is 3. The Morgan fingerprint density at radius 3 is 2.50 bits per heavy atom. The molecule has 2 rings (SSSR count). The number of hydrogen-bond acceptors (Lipinski definition) is 4. The van der Waals surface area contributed by atoms with E-state index in [-0.39, 0.29) is 13.1 Å². The number of rotatable bonds is 8. The van der Waals surface area contributed by atoms with Gasteiger partial charge in [-0.2, -0.15) is 0 Å². The molecule has 0 saturated carbocycles. The zero-order chi connectivity index (χ0) is 20.4. The Morgan fingerprint density at radius 1 is 1.00 bits per heavy atom. The average Bonchev–Trinajstić information content (AvgIpc) is 2.71. The predicted molar refractivity (Wildman–Crippen MR) is 106 cm³/mol. The summed E-state index contributed by atoms with van der Waals surface area (Å²) in [6, 6.07) is 13.5. The first-order valence-corrected chi connectivity index (χ1v) is 8.66. The first-order chi connectivity index (χ1) is 13.5. The molecule has 0 aliphatic carbocycles. The van der Waals surface area contributed by atoms with Gasteiger partial charge < -0.3 is 20.7 Å². The van der Waals surface area contributed by atoms with Gasteiger partial charge in [0.05, 0.1) is 25.3 Å². The highest BCUT2D eigenvalue weighted by molar-refractivity contribution is 5.99. The first kappa shape index (κ1) is 20.5. The van der Waals surface area contributed by atoms with E-state index >= 15 is 0 Å². The van der Waals surface area contributed by atoms with Crippen LogP contribution in [0.5, 0.6) is 5.75 Å². The summed E-state index contributed by atoms with van der Waals surface area (Å²) in [6.45, 7) is 1.74. The number of para-hydroxylation sites is 1. The van der Waals surface area contributed by atoms with E-state index < -0.39 is 17.7 Å². The minimum absolute atomic E-state index is 0.232. The van der Waals surface area contributed by atoms with Crippen LogP contribution in [0, 0.1) is 12.3 Å². The number of carbonyl (C=O) groups excluding carboxylic acids is 3. The highest BCUT2D eigenvalue weighted by atomic mass is 16.5. The van der Waals surface area contributed by atoms with Gasteiger partial charge in [0.1, 0.15) is 5.75 Å². The average molecular weight is 379 g/mol. The van der Waals surface area contributed by atoms with Gasteiger partial charge in [-0.3, -0.25) is 14.4 Å². The molecule has 3 amide bonds. The van der Waals surface area contributed by atoms with E-state index in [1.165, 1.54) is 0 Å². The number of carbonyl (C=O) groups is 3. The van der Waals surface area contributed by atoms with E-state index in [1.807, 2.05) is 6.92 Å². The third-order valence-electron chi connectivity index (χ3n) is 3.60. The molecule has 0 spiro atoms. The SMILES string of the molecule is C#Cc1cccc(NC(=O)CNC(=O)CNC(=O)c2ccccc2OCC)c1. The molecule has 7 nitrogen and oxygen atoms in total. The molecule has 28 heavy (non-hydrogen) atoms. The second-order valence-electron chi connectivity index (χ2n) is 5.66. The number of amides is 3. The van der Waals surface area contributed by atoms with Gasteiger partial charge in [0.2, 0.25) is 11.8 Å². The number of terminal acetylenes is 1. The van der Waals surface area contributed by atoms with Crippen LogP contribution in [0.15, 0.2) is 48.5 Å². The topological polar surface area (TPSA) is 96.5 Å². The predicted octanol–water partition coefficient (Wildman–Crippen LogP) is 1.55. The molecule has 3 N–H and O–H groups in total. The molecular formula is C21H21N3O4. The zero-order valence-corrected chi connectivity index (χ0v) is 15.5. The summed E-state index contributed by atoms with van der Waals surface area (Å²) in [7, 11) is 0. The molecule has 0 aromatic heterocycles. The van der Waals surface area contributed by atoms with Crippen LogP contribution in [0.3, 0.4) is 0 Å². The van der Waals surface area contributed by atoms with Gasteiger partial charge in [-0.05, 0) is 37.3 Å². The van der Waals surface area contributed by atoms with Crippen molar-refractivity contribution in [1.29, 1.82) is 0 Å². The van der Waals surface area contributed by atoms with Gasteiger partial charge in [0.25, 0.3) is 5.91 Å². The van der Waals surface area contributed by atoms with Crippen molar-refractivity contribution in [2.24, 2.45) is 0 Å². The smallest absolute Gasteiger partial charge is 0.255 e. The summed E-state index contributed by atoms with van der Waals surface area (Å²) in [5.74, 6) is 1.58. The summed E-state index contributed by atoms with van der Waals surface area (Å²) in [5, 5.41) is 7.57. The normalized spacial score (nSPS) is 9.71. The van der Waals surface area contributed by atoms with Gasteiger partial charge in [-0.1, -0.05) is 24.1 Å². The van der Waals surface area contributed by atoms with Crippen molar-refractivity contribution in [3.8, 4) is 18.1 Å². The Labute approximate surface area is 163 Å². The summed E-state index contributed by atoms with van der Waals surface area (Å²) in [4.78, 5) is 36.0. The molecule has 7 heteroatoms. The molecule has 0 saturated heterocycles. The molecule has 0 aliphatic rings. The lowest BCUT2D eigenvalue weighted by molar-refractivity contribution is -0.123. The highest BCUT2D eigenvalue weighted by Gasteiger charge is 2.13. The number of hydrogen-bond donors (Lipinski definition) is 3. The summed E-state index contributed by atoms with van der Waals surface area (Å²) < 4.78 is 5.39. The monoisotopic (exact) mass is 379 g/mol. The Balaban J connectivity index is 1.79. The molecule has 0 unspecified atom stereocenters. The van der Waals surface area contributed by atoms with Gasteiger partial charge in [-0.25, -0.2) is 0 Å². The Kier molecular flexibility index (Phi) is 7.61. The Bertz CT molecular complexity index is 903. The van der Waals surface area contributed by atoms with E-state index in [9.17, 15) is 14.4 Å². The van der Waals surface area contributed by atoms with Gasteiger partial charge in [0, 0.05) is 11.3 Å². The van der Waals surface area contributed by atoms with E-state index in [2.05, 4.69) is 21.9 Å². The van der Waals surface area contributed by atoms with Crippen LogP contribution < -0.4 is 20.7 Å². The van der Waals surface area contributed by atoms with Gasteiger partial charge in [0.15, 0.2) is 0 Å². The molecule has 0 bridgehead atoms. The van der Waals surface area contributed by atoms with E-state index in [4.69, 9.17) is 11.2 Å². The molecule has 2 aromatic carbocycles. The van der Waals surface area contributed by atoms with Crippen molar-refractivity contribution in [2.45, 2.75) is 6.92 Å². The van der Waals surface area contributed by atoms with Crippen molar-refractivity contribution in [2.75, 3.05) is 25.0 Å². The summed E-state index contributed by atoms with van der Waals surface area (Å²) in [5.41, 5.74) is 1.51. The van der Waals surface area contributed by atoms with Crippen molar-refractivity contribution in [3.05, 3.63) is 59.7 Å². The highest BCUT2D eigenvalue weighted by Crippen LogP contribution is 2.17. The Hall–Kier alpha value is -3.79. The summed E-state index contributed by atoms with van der Waals surface area (Å²) >= 11 is 0. The van der Waals surface area contributed by atoms with Crippen LogP contribution in [0.1, 0.15) is 22.8 Å². The number of anilines is 1. The third-order valence-corrected chi connectivity index (χ3v) is 3.60. The second kappa shape index (κ2) is 10.4. The van der Waals surface area contributed by atoms with Crippen LogP contribution in [0.25, 0.3) is 0 Å². The molecular weight excluding hydrogens is 358 g/mol. The standard InChI is InChI=1S/C21H21N3O4/c1-3-15-8-7-9-16(12-15)24-20(26)14-22-19(25)13-23-21(27)17-10-5-6-11-18(17)28-4-2/h1,5-12H,4,13-14H2,2H3,(H,22,25)(H,23,27)(H,24,26). The number of benzene rings is 2. The third kappa shape index (κ3) is 6.18. The van der Waals surface area contributed by atoms with Crippen LogP contribution in [-0.4, -0.2) is 37.4 Å². The minimum Gasteiger partial charge on any atom is -0.493 e. The van der Waals surface area contributed by atoms with Gasteiger partial charge in [-0.15, -0.1) is 6.42 Å². The van der Waals surface area contributed by atoms with Crippen LogP contribution >= 0.6 is 0 Å². The fourth-order valence-corrected chi connectivity index (χ4v) is 2.32. The maximum Gasteiger partial charge on any atom is 0.255 e. The molecule has 0 heterocycles. The fraction of sp³-hybridized carbons (Fsp3) is 0.190. The number of ether oxygens (including phenoxy) is 1. The maximum atomic E-state index is 12.2. The van der Waals surface area contributed by atoms with Gasteiger partial charge >= 0.3 is 0 Å². The lowest BCUT2D eigenvalue weighted by Gasteiger charge is -2.11. The van der Waals surface area contributed by atoms with Crippen molar-refractivity contribution in [3.63, 3.8) is 0 Å². The lowest BCUT2D eigenvalue weighted by atomic mass is 10.2. The second-order valence-corrected chi connectivity index (χ2v) is 5.66. The molecule has 2 aromatic rings. The van der Waals surface area contributed by atoms with Crippen LogP contribution in [-0.2, 0) is 9.59 Å². The van der Waals surface area contributed by atoms with Crippen LogP contribution in [0.2, 0.25) is 0 Å². The maximum absolute atomic E-state index is 12.2. The lowest BCUT2D eigenvalue weighted by Crippen LogP contribution is -2.40. The van der Waals surface area contributed by atoms with Crippen molar-refractivity contribution in [1.82, 2.24) is 10.6 Å². The first-order valence-electron chi connectivity index (χ1n) is 8.66. The van der Waals surface area contributed by atoms with E-state index in [0.29, 0.717) is 29.2 Å². The molecule has 0 aliphatic heterocycles. The zero-order valence-electron chi connectivity index (χ0n) is 15.5. The largest absolute Gasteiger partial charge is 0.493 e. The minimum atomic E-state index is -0.491. The van der Waals surface area contributed by atoms with E-state index in [1.54, 1.807) is 48.5 Å². The fourth-order valence-electron chi connectivity index (χ4n) is 2.32. The molecule has 0 atom stereocenters. The summed E-state index contributed by atoms with van der Waals surface area (Å²) in [6.07, 6.45) is 5.31. The van der Waals surface area contributed by atoms with E-state index in [0.717, 1.165) is 0 Å². The molecule has 0 radical (unpaired) electrons.